The minimum absolute atomic E-state index is 0.0896. The van der Waals surface area contributed by atoms with Gasteiger partial charge in [-0.25, -0.2) is 0 Å². The number of carbonyl (C=O) groups excluding carboxylic acids is 1. The monoisotopic (exact) mass is 290 g/mol. The van der Waals surface area contributed by atoms with E-state index in [4.69, 9.17) is 0 Å². The lowest BCUT2D eigenvalue weighted by atomic mass is 10.1. The molecule has 1 unspecified atom stereocenters. The highest BCUT2D eigenvalue weighted by atomic mass is 16.3. The largest absolute Gasteiger partial charge is 0.508 e. The SMILES string of the molecule is CNC(=O)Cn1cc(NC(C)c2cc(O)ccc2O)cn1. The van der Waals surface area contributed by atoms with Crippen molar-refractivity contribution in [2.45, 2.75) is 19.5 Å². The van der Waals surface area contributed by atoms with Crippen LogP contribution in [0.2, 0.25) is 0 Å². The van der Waals surface area contributed by atoms with Crippen molar-refractivity contribution in [1.82, 2.24) is 15.1 Å². The molecule has 0 saturated carbocycles. The van der Waals surface area contributed by atoms with Gasteiger partial charge in [-0.2, -0.15) is 5.10 Å². The minimum Gasteiger partial charge on any atom is -0.508 e. The summed E-state index contributed by atoms with van der Waals surface area (Å²) in [6.45, 7) is 1.99. The predicted octanol–water partition coefficient (Wildman–Crippen LogP) is 1.21. The third-order valence-corrected chi connectivity index (χ3v) is 3.08. The number of benzene rings is 1. The number of phenolic OH excluding ortho intramolecular Hbond substituents is 2. The third-order valence-electron chi connectivity index (χ3n) is 3.08. The Morgan fingerprint density at radius 3 is 2.90 bits per heavy atom. The van der Waals surface area contributed by atoms with Gasteiger partial charge in [-0.3, -0.25) is 9.48 Å². The molecule has 0 saturated heterocycles. The number of nitrogens with zero attached hydrogens (tertiary/aromatic N) is 2. The Morgan fingerprint density at radius 2 is 2.19 bits per heavy atom. The normalized spacial score (nSPS) is 11.9. The van der Waals surface area contributed by atoms with Crippen LogP contribution < -0.4 is 10.6 Å². The number of rotatable bonds is 5. The summed E-state index contributed by atoms with van der Waals surface area (Å²) < 4.78 is 1.51. The highest BCUT2D eigenvalue weighted by molar-refractivity contribution is 5.75. The number of aromatic hydroxyl groups is 2. The van der Waals surface area contributed by atoms with E-state index in [1.165, 1.54) is 22.9 Å². The lowest BCUT2D eigenvalue weighted by Crippen LogP contribution is -2.23. The molecule has 1 heterocycles. The summed E-state index contributed by atoms with van der Waals surface area (Å²) in [5, 5.41) is 29.0. The Labute approximate surface area is 122 Å². The highest BCUT2D eigenvalue weighted by Crippen LogP contribution is 2.29. The van der Waals surface area contributed by atoms with Gasteiger partial charge in [0.15, 0.2) is 0 Å². The summed E-state index contributed by atoms with van der Waals surface area (Å²) in [5.74, 6) is 0.0561. The molecule has 2 rings (SSSR count). The van der Waals surface area contributed by atoms with Gasteiger partial charge in [-0.05, 0) is 25.1 Å². The first kappa shape index (κ1) is 14.7. The Kier molecular flexibility index (Phi) is 4.32. The molecular weight excluding hydrogens is 272 g/mol. The molecule has 7 heteroatoms. The maximum Gasteiger partial charge on any atom is 0.241 e. The maximum atomic E-state index is 11.3. The Hall–Kier alpha value is -2.70. The molecule has 7 nitrogen and oxygen atoms in total. The molecule has 1 atom stereocenters. The summed E-state index contributed by atoms with van der Waals surface area (Å²) >= 11 is 0. The van der Waals surface area contributed by atoms with E-state index < -0.39 is 0 Å². The number of nitrogens with one attached hydrogen (secondary N) is 2. The standard InChI is InChI=1S/C14H18N4O3/c1-9(12-5-11(19)3-4-13(12)20)17-10-6-16-18(7-10)8-14(21)15-2/h3-7,9,17,19-20H,8H2,1-2H3,(H,15,21). The van der Waals surface area contributed by atoms with Crippen LogP contribution in [0.25, 0.3) is 0 Å². The number of aromatic nitrogens is 2. The first-order chi connectivity index (χ1) is 9.99. The van der Waals surface area contributed by atoms with E-state index in [0.29, 0.717) is 11.3 Å². The molecule has 21 heavy (non-hydrogen) atoms. The van der Waals surface area contributed by atoms with E-state index in [2.05, 4.69) is 15.7 Å². The van der Waals surface area contributed by atoms with Gasteiger partial charge in [0.1, 0.15) is 18.0 Å². The van der Waals surface area contributed by atoms with Gasteiger partial charge in [0, 0.05) is 18.8 Å². The lowest BCUT2D eigenvalue weighted by Gasteiger charge is -2.15. The predicted molar refractivity (Wildman–Crippen MR) is 78.1 cm³/mol. The van der Waals surface area contributed by atoms with Crippen LogP contribution in [0.4, 0.5) is 5.69 Å². The lowest BCUT2D eigenvalue weighted by molar-refractivity contribution is -0.121. The second-order valence-corrected chi connectivity index (χ2v) is 4.71. The van der Waals surface area contributed by atoms with Crippen molar-refractivity contribution in [3.63, 3.8) is 0 Å². The van der Waals surface area contributed by atoms with Gasteiger partial charge >= 0.3 is 0 Å². The van der Waals surface area contributed by atoms with Crippen molar-refractivity contribution in [1.29, 1.82) is 0 Å². The quantitative estimate of drug-likeness (QED) is 0.620. The second-order valence-electron chi connectivity index (χ2n) is 4.71. The van der Waals surface area contributed by atoms with Crippen LogP contribution in [0.5, 0.6) is 11.5 Å². The van der Waals surface area contributed by atoms with Gasteiger partial charge in [-0.1, -0.05) is 0 Å². The Bertz CT molecular complexity index is 639. The van der Waals surface area contributed by atoms with Crippen LogP contribution in [-0.2, 0) is 11.3 Å². The summed E-state index contributed by atoms with van der Waals surface area (Å²) in [4.78, 5) is 11.3. The molecule has 2 aromatic rings. The van der Waals surface area contributed by atoms with Crippen molar-refractivity contribution < 1.29 is 15.0 Å². The molecular formula is C14H18N4O3. The molecule has 1 aromatic heterocycles. The number of hydrogen-bond donors (Lipinski definition) is 4. The van der Waals surface area contributed by atoms with Gasteiger partial charge in [-0.15, -0.1) is 0 Å². The number of carbonyl (C=O) groups is 1. The summed E-state index contributed by atoms with van der Waals surface area (Å²) in [7, 11) is 1.57. The molecule has 4 N–H and O–H groups in total. The van der Waals surface area contributed by atoms with E-state index in [0.717, 1.165) is 0 Å². The zero-order valence-electron chi connectivity index (χ0n) is 11.9. The molecule has 112 valence electrons. The van der Waals surface area contributed by atoms with E-state index in [-0.39, 0.29) is 30.0 Å². The van der Waals surface area contributed by atoms with Gasteiger partial charge in [0.2, 0.25) is 5.91 Å². The maximum absolute atomic E-state index is 11.3. The fourth-order valence-electron chi connectivity index (χ4n) is 1.97. The molecule has 0 spiro atoms. The number of amides is 1. The number of hydrogen-bond acceptors (Lipinski definition) is 5. The van der Waals surface area contributed by atoms with Crippen molar-refractivity contribution in [2.75, 3.05) is 12.4 Å². The molecule has 1 amide bonds. The Morgan fingerprint density at radius 1 is 1.43 bits per heavy atom. The molecule has 0 fully saturated rings. The van der Waals surface area contributed by atoms with Crippen molar-refractivity contribution in [3.05, 3.63) is 36.2 Å². The topological polar surface area (TPSA) is 99.4 Å². The number of likely N-dealkylation sites (N-methyl/N-ethyl adjacent to an activating group) is 1. The Balaban J connectivity index is 2.07. The zero-order valence-corrected chi connectivity index (χ0v) is 11.9. The van der Waals surface area contributed by atoms with Crippen LogP contribution >= 0.6 is 0 Å². The molecule has 1 aromatic carbocycles. The van der Waals surface area contributed by atoms with Gasteiger partial charge in [0.05, 0.1) is 17.9 Å². The summed E-state index contributed by atoms with van der Waals surface area (Å²) in [6, 6.07) is 4.14. The fraction of sp³-hybridized carbons (Fsp3) is 0.286. The van der Waals surface area contributed by atoms with Crippen LogP contribution in [-0.4, -0.2) is 32.9 Å². The molecule has 0 aliphatic heterocycles. The molecule has 0 radical (unpaired) electrons. The van der Waals surface area contributed by atoms with Crippen LogP contribution in [0.15, 0.2) is 30.6 Å². The average Bonchev–Trinajstić information content (AvgIpc) is 2.88. The van der Waals surface area contributed by atoms with Gasteiger partial charge < -0.3 is 20.8 Å². The van der Waals surface area contributed by atoms with Crippen molar-refractivity contribution in [2.24, 2.45) is 0 Å². The van der Waals surface area contributed by atoms with Crippen LogP contribution in [0.3, 0.4) is 0 Å². The average molecular weight is 290 g/mol. The third kappa shape index (κ3) is 3.65. The summed E-state index contributed by atoms with van der Waals surface area (Å²) in [5.41, 5.74) is 1.29. The highest BCUT2D eigenvalue weighted by Gasteiger charge is 2.12. The van der Waals surface area contributed by atoms with Crippen LogP contribution in [0, 0.1) is 0 Å². The second kappa shape index (κ2) is 6.17. The number of anilines is 1. The van der Waals surface area contributed by atoms with Crippen molar-refractivity contribution >= 4 is 11.6 Å². The van der Waals surface area contributed by atoms with E-state index in [1.807, 2.05) is 6.92 Å². The van der Waals surface area contributed by atoms with Crippen molar-refractivity contribution in [3.8, 4) is 11.5 Å². The minimum atomic E-state index is -0.227. The van der Waals surface area contributed by atoms with E-state index >= 15 is 0 Å². The first-order valence-electron chi connectivity index (χ1n) is 6.51. The zero-order chi connectivity index (χ0) is 15.4. The molecule has 0 bridgehead atoms. The van der Waals surface area contributed by atoms with E-state index in [9.17, 15) is 15.0 Å². The molecule has 0 aliphatic carbocycles. The summed E-state index contributed by atoms with van der Waals surface area (Å²) in [6.07, 6.45) is 3.30. The van der Waals surface area contributed by atoms with Crippen LogP contribution in [0.1, 0.15) is 18.5 Å². The van der Waals surface area contributed by atoms with E-state index in [1.54, 1.807) is 19.4 Å². The smallest absolute Gasteiger partial charge is 0.241 e. The fourth-order valence-corrected chi connectivity index (χ4v) is 1.97. The van der Waals surface area contributed by atoms with Gasteiger partial charge in [0.25, 0.3) is 0 Å². The number of phenols is 2. The first-order valence-corrected chi connectivity index (χ1v) is 6.51. The molecule has 0 aliphatic rings.